The van der Waals surface area contributed by atoms with Gasteiger partial charge in [0.2, 0.25) is 0 Å². The lowest BCUT2D eigenvalue weighted by Crippen LogP contribution is -2.38. The van der Waals surface area contributed by atoms with Crippen molar-refractivity contribution in [2.45, 2.75) is 51.1 Å². The maximum absolute atomic E-state index is 5.77. The SMILES string of the molecule is COc1ccc2c(c1)C(NC1CCCC(C)C1)CCO2. The van der Waals surface area contributed by atoms with Crippen LogP contribution in [0.25, 0.3) is 0 Å². The number of benzene rings is 1. The molecule has 0 radical (unpaired) electrons. The summed E-state index contributed by atoms with van der Waals surface area (Å²) in [4.78, 5) is 0. The summed E-state index contributed by atoms with van der Waals surface area (Å²) in [6.45, 7) is 3.17. The highest BCUT2D eigenvalue weighted by atomic mass is 16.5. The molecule has 0 aromatic heterocycles. The highest BCUT2D eigenvalue weighted by molar-refractivity contribution is 5.43. The van der Waals surface area contributed by atoms with E-state index in [-0.39, 0.29) is 0 Å². The van der Waals surface area contributed by atoms with Gasteiger partial charge >= 0.3 is 0 Å². The molecule has 110 valence electrons. The van der Waals surface area contributed by atoms with Gasteiger partial charge in [-0.05, 0) is 37.0 Å². The van der Waals surface area contributed by atoms with Gasteiger partial charge < -0.3 is 14.8 Å². The Bertz CT molecular complexity index is 460. The Hall–Kier alpha value is -1.22. The van der Waals surface area contributed by atoms with E-state index < -0.39 is 0 Å². The molecule has 0 bridgehead atoms. The van der Waals surface area contributed by atoms with Crippen molar-refractivity contribution < 1.29 is 9.47 Å². The first-order valence-electron chi connectivity index (χ1n) is 7.83. The molecule has 1 aromatic carbocycles. The average molecular weight is 275 g/mol. The smallest absolute Gasteiger partial charge is 0.124 e. The first kappa shape index (κ1) is 13.7. The van der Waals surface area contributed by atoms with Crippen LogP contribution in [0.3, 0.4) is 0 Å². The summed E-state index contributed by atoms with van der Waals surface area (Å²) in [5.74, 6) is 2.78. The maximum Gasteiger partial charge on any atom is 0.124 e. The average Bonchev–Trinajstić information content (AvgIpc) is 2.47. The van der Waals surface area contributed by atoms with Crippen molar-refractivity contribution in [1.82, 2.24) is 5.32 Å². The van der Waals surface area contributed by atoms with Gasteiger partial charge in [0.1, 0.15) is 11.5 Å². The van der Waals surface area contributed by atoms with Gasteiger partial charge in [0, 0.05) is 24.1 Å². The third kappa shape index (κ3) is 2.93. The maximum atomic E-state index is 5.77. The van der Waals surface area contributed by atoms with Crippen LogP contribution < -0.4 is 14.8 Å². The molecule has 20 heavy (non-hydrogen) atoms. The van der Waals surface area contributed by atoms with Crippen molar-refractivity contribution in [1.29, 1.82) is 0 Å². The molecule has 3 rings (SSSR count). The van der Waals surface area contributed by atoms with E-state index in [0.717, 1.165) is 30.4 Å². The molecule has 1 saturated carbocycles. The Morgan fingerprint density at radius 2 is 2.15 bits per heavy atom. The third-order valence-corrected chi connectivity index (χ3v) is 4.63. The first-order chi connectivity index (χ1) is 9.76. The quantitative estimate of drug-likeness (QED) is 0.912. The van der Waals surface area contributed by atoms with Crippen LogP contribution in [0.5, 0.6) is 11.5 Å². The molecule has 2 aliphatic rings. The van der Waals surface area contributed by atoms with Gasteiger partial charge in [-0.15, -0.1) is 0 Å². The highest BCUT2D eigenvalue weighted by Crippen LogP contribution is 2.36. The van der Waals surface area contributed by atoms with E-state index in [1.807, 2.05) is 12.1 Å². The lowest BCUT2D eigenvalue weighted by atomic mass is 9.86. The van der Waals surface area contributed by atoms with Crippen LogP contribution in [-0.2, 0) is 0 Å². The van der Waals surface area contributed by atoms with Gasteiger partial charge in [-0.3, -0.25) is 0 Å². The van der Waals surface area contributed by atoms with Crippen LogP contribution in [0.4, 0.5) is 0 Å². The molecule has 3 atom stereocenters. The fraction of sp³-hybridized carbons (Fsp3) is 0.647. The van der Waals surface area contributed by atoms with E-state index in [2.05, 4.69) is 18.3 Å². The van der Waals surface area contributed by atoms with Crippen molar-refractivity contribution in [2.75, 3.05) is 13.7 Å². The van der Waals surface area contributed by atoms with Gasteiger partial charge in [0.25, 0.3) is 0 Å². The second kappa shape index (κ2) is 6.04. The lowest BCUT2D eigenvalue weighted by Gasteiger charge is -2.34. The van der Waals surface area contributed by atoms with Crippen LogP contribution in [0.1, 0.15) is 50.6 Å². The van der Waals surface area contributed by atoms with E-state index in [1.165, 1.54) is 31.2 Å². The number of fused-ring (bicyclic) bond motifs is 1. The number of nitrogens with one attached hydrogen (secondary N) is 1. The second-order valence-electron chi connectivity index (χ2n) is 6.23. The summed E-state index contributed by atoms with van der Waals surface area (Å²) in [7, 11) is 1.72. The first-order valence-corrected chi connectivity index (χ1v) is 7.83. The van der Waals surface area contributed by atoms with Crippen LogP contribution in [0, 0.1) is 5.92 Å². The molecular formula is C17H25NO2. The predicted octanol–water partition coefficient (Wildman–Crippen LogP) is 3.69. The number of ether oxygens (including phenoxy) is 2. The van der Waals surface area contributed by atoms with Gasteiger partial charge in [0.15, 0.2) is 0 Å². The van der Waals surface area contributed by atoms with Crippen LogP contribution in [0.2, 0.25) is 0 Å². The van der Waals surface area contributed by atoms with Crippen LogP contribution in [-0.4, -0.2) is 19.8 Å². The van der Waals surface area contributed by atoms with E-state index in [0.29, 0.717) is 12.1 Å². The molecule has 0 spiro atoms. The Kier molecular flexibility index (Phi) is 4.16. The Morgan fingerprint density at radius 1 is 1.25 bits per heavy atom. The summed E-state index contributed by atoms with van der Waals surface area (Å²) in [5.41, 5.74) is 1.26. The van der Waals surface area contributed by atoms with Gasteiger partial charge in [-0.1, -0.05) is 19.8 Å². The highest BCUT2D eigenvalue weighted by Gasteiger charge is 2.26. The van der Waals surface area contributed by atoms with Gasteiger partial charge in [-0.25, -0.2) is 0 Å². The lowest BCUT2D eigenvalue weighted by molar-refractivity contribution is 0.220. The van der Waals surface area contributed by atoms with Crippen molar-refractivity contribution in [2.24, 2.45) is 5.92 Å². The minimum atomic E-state index is 0.407. The minimum Gasteiger partial charge on any atom is -0.497 e. The number of hydrogen-bond acceptors (Lipinski definition) is 3. The molecule has 1 heterocycles. The van der Waals surface area contributed by atoms with Gasteiger partial charge in [-0.2, -0.15) is 0 Å². The van der Waals surface area contributed by atoms with Crippen LogP contribution in [0.15, 0.2) is 18.2 Å². The van der Waals surface area contributed by atoms with Gasteiger partial charge in [0.05, 0.1) is 13.7 Å². The Balaban J connectivity index is 1.75. The molecule has 1 N–H and O–H groups in total. The van der Waals surface area contributed by atoms with E-state index >= 15 is 0 Å². The zero-order valence-corrected chi connectivity index (χ0v) is 12.5. The van der Waals surface area contributed by atoms with Crippen LogP contribution >= 0.6 is 0 Å². The standard InChI is InChI=1S/C17H25NO2/c1-12-4-3-5-13(10-12)18-16-8-9-20-17-7-6-14(19-2)11-15(16)17/h6-7,11-13,16,18H,3-5,8-10H2,1-2H3. The normalized spacial score (nSPS) is 29.4. The van der Waals surface area contributed by atoms with Crippen molar-refractivity contribution >= 4 is 0 Å². The molecule has 1 fully saturated rings. The fourth-order valence-corrected chi connectivity index (χ4v) is 3.54. The number of hydrogen-bond donors (Lipinski definition) is 1. The summed E-state index contributed by atoms with van der Waals surface area (Å²) in [6.07, 6.45) is 6.39. The molecular weight excluding hydrogens is 250 g/mol. The monoisotopic (exact) mass is 275 g/mol. The summed E-state index contributed by atoms with van der Waals surface area (Å²) in [6, 6.07) is 7.19. The molecule has 1 aromatic rings. The van der Waals surface area contributed by atoms with E-state index in [1.54, 1.807) is 7.11 Å². The molecule has 3 unspecified atom stereocenters. The fourth-order valence-electron chi connectivity index (χ4n) is 3.54. The Labute approximate surface area is 121 Å². The Morgan fingerprint density at radius 3 is 2.95 bits per heavy atom. The summed E-state index contributed by atoms with van der Waals surface area (Å²) in [5, 5.41) is 3.86. The van der Waals surface area contributed by atoms with E-state index in [9.17, 15) is 0 Å². The third-order valence-electron chi connectivity index (χ3n) is 4.63. The van der Waals surface area contributed by atoms with Crippen molar-refractivity contribution in [3.8, 4) is 11.5 Å². The summed E-state index contributed by atoms with van der Waals surface area (Å²) >= 11 is 0. The summed E-state index contributed by atoms with van der Waals surface area (Å²) < 4.78 is 11.1. The molecule has 3 nitrogen and oxygen atoms in total. The van der Waals surface area contributed by atoms with E-state index in [4.69, 9.17) is 9.47 Å². The molecule has 0 amide bonds. The molecule has 0 saturated heterocycles. The predicted molar refractivity (Wildman–Crippen MR) is 80.4 cm³/mol. The zero-order valence-electron chi connectivity index (χ0n) is 12.5. The molecule has 3 heteroatoms. The molecule has 1 aliphatic heterocycles. The number of rotatable bonds is 3. The molecule has 1 aliphatic carbocycles. The largest absolute Gasteiger partial charge is 0.497 e. The zero-order chi connectivity index (χ0) is 13.9. The number of methoxy groups -OCH3 is 1. The second-order valence-corrected chi connectivity index (χ2v) is 6.23. The minimum absolute atomic E-state index is 0.407. The topological polar surface area (TPSA) is 30.5 Å². The van der Waals surface area contributed by atoms with Crippen molar-refractivity contribution in [3.63, 3.8) is 0 Å². The van der Waals surface area contributed by atoms with Crippen molar-refractivity contribution in [3.05, 3.63) is 23.8 Å².